The highest BCUT2D eigenvalue weighted by molar-refractivity contribution is 8.00. The van der Waals surface area contributed by atoms with E-state index in [1.54, 1.807) is 18.2 Å². The van der Waals surface area contributed by atoms with E-state index in [9.17, 15) is 30.1 Å². The number of hydrogen-bond donors (Lipinski definition) is 2. The number of halogens is 1. The third-order valence-electron chi connectivity index (χ3n) is 5.61. The average molecular weight is 450 g/mol. The van der Waals surface area contributed by atoms with Crippen molar-refractivity contribution in [1.29, 1.82) is 0 Å². The summed E-state index contributed by atoms with van der Waals surface area (Å²) < 4.78 is 0. The van der Waals surface area contributed by atoms with E-state index >= 15 is 0 Å². The molecule has 1 saturated carbocycles. The molecular formula is C19H16ClN3O6S. The van der Waals surface area contributed by atoms with Gasteiger partial charge in [-0.15, -0.1) is 23.4 Å². The minimum atomic E-state index is -1.18. The number of fused-ring (bicyclic) bond motifs is 3. The second-order valence-electron chi connectivity index (χ2n) is 7.21. The van der Waals surface area contributed by atoms with Gasteiger partial charge in [-0.1, -0.05) is 12.1 Å². The molecule has 0 radical (unpaired) electrons. The summed E-state index contributed by atoms with van der Waals surface area (Å²) in [6.45, 7) is 0.427. The van der Waals surface area contributed by atoms with E-state index in [1.165, 1.54) is 30.0 Å². The van der Waals surface area contributed by atoms with Gasteiger partial charge in [-0.2, -0.15) is 0 Å². The number of carboxylic acid groups (broad SMARTS) is 1. The molecule has 1 aliphatic carbocycles. The van der Waals surface area contributed by atoms with Gasteiger partial charge in [0, 0.05) is 29.8 Å². The van der Waals surface area contributed by atoms with Gasteiger partial charge in [0.15, 0.2) is 0 Å². The van der Waals surface area contributed by atoms with Crippen LogP contribution in [0.2, 0.25) is 0 Å². The Bertz CT molecular complexity index is 1060. The first-order valence-corrected chi connectivity index (χ1v) is 10.4. The largest absolute Gasteiger partial charge is 0.478 e. The van der Waals surface area contributed by atoms with Crippen molar-refractivity contribution in [1.82, 2.24) is 0 Å². The zero-order valence-electron chi connectivity index (χ0n) is 15.4. The molecule has 1 fully saturated rings. The monoisotopic (exact) mass is 449 g/mol. The quantitative estimate of drug-likeness (QED) is 0.387. The molecule has 4 atom stereocenters. The molecule has 2 N–H and O–H groups in total. The molecule has 4 rings (SSSR count). The van der Waals surface area contributed by atoms with Gasteiger partial charge < -0.3 is 10.4 Å². The van der Waals surface area contributed by atoms with E-state index < -0.39 is 27.1 Å². The summed E-state index contributed by atoms with van der Waals surface area (Å²) in [6.07, 6.45) is 0.594. The number of para-hydroxylation sites is 1. The van der Waals surface area contributed by atoms with Gasteiger partial charge in [-0.25, -0.2) is 4.79 Å². The Kier molecular flexibility index (Phi) is 5.29. The van der Waals surface area contributed by atoms with Crippen LogP contribution in [0.5, 0.6) is 0 Å². The molecule has 9 nitrogen and oxygen atoms in total. The van der Waals surface area contributed by atoms with E-state index in [0.717, 1.165) is 0 Å². The number of carbonyl (C=O) groups is 1. The highest BCUT2D eigenvalue weighted by Gasteiger charge is 2.49. The van der Waals surface area contributed by atoms with Crippen molar-refractivity contribution in [3.63, 3.8) is 0 Å². The van der Waals surface area contributed by atoms with Gasteiger partial charge in [0.2, 0.25) is 0 Å². The number of anilines is 1. The van der Waals surface area contributed by atoms with Crippen molar-refractivity contribution in [3.05, 3.63) is 67.8 Å². The second-order valence-corrected chi connectivity index (χ2v) is 9.00. The van der Waals surface area contributed by atoms with E-state index in [1.807, 2.05) is 0 Å². The van der Waals surface area contributed by atoms with Gasteiger partial charge in [-0.3, -0.25) is 20.2 Å². The molecule has 1 aliphatic heterocycles. The normalized spacial score (nSPS) is 24.4. The molecule has 0 unspecified atom stereocenters. The minimum Gasteiger partial charge on any atom is -0.478 e. The van der Waals surface area contributed by atoms with Crippen molar-refractivity contribution in [2.24, 2.45) is 5.92 Å². The van der Waals surface area contributed by atoms with Crippen LogP contribution in [0.1, 0.15) is 28.3 Å². The third kappa shape index (κ3) is 3.35. The Hall–Kier alpha value is -2.85. The third-order valence-corrected chi connectivity index (χ3v) is 7.72. The van der Waals surface area contributed by atoms with E-state index in [-0.39, 0.29) is 33.8 Å². The number of benzene rings is 2. The van der Waals surface area contributed by atoms with E-state index in [4.69, 9.17) is 11.6 Å². The van der Waals surface area contributed by atoms with Gasteiger partial charge in [0.25, 0.3) is 11.4 Å². The first-order valence-electron chi connectivity index (χ1n) is 9.12. The Labute approximate surface area is 179 Å². The fraction of sp³-hybridized carbons (Fsp3) is 0.316. The average Bonchev–Trinajstić information content (AvgIpc) is 3.02. The summed E-state index contributed by atoms with van der Waals surface area (Å²) in [7, 11) is 0. The fourth-order valence-electron chi connectivity index (χ4n) is 4.36. The van der Waals surface area contributed by atoms with Crippen LogP contribution in [-0.4, -0.2) is 38.1 Å². The zero-order valence-corrected chi connectivity index (χ0v) is 16.9. The summed E-state index contributed by atoms with van der Waals surface area (Å²) in [6, 6.07) is 8.82. The first-order chi connectivity index (χ1) is 14.3. The van der Waals surface area contributed by atoms with Crippen LogP contribution in [0, 0.1) is 26.1 Å². The molecule has 1 heterocycles. The summed E-state index contributed by atoms with van der Waals surface area (Å²) in [5, 5.41) is 34.8. The first kappa shape index (κ1) is 20.4. The molecule has 0 saturated heterocycles. The predicted octanol–water partition coefficient (Wildman–Crippen LogP) is 4.50. The van der Waals surface area contributed by atoms with Gasteiger partial charge in [0.05, 0.1) is 36.9 Å². The molecular weight excluding hydrogens is 434 g/mol. The number of rotatable bonds is 5. The van der Waals surface area contributed by atoms with Crippen LogP contribution in [0.15, 0.2) is 41.3 Å². The lowest BCUT2D eigenvalue weighted by Gasteiger charge is -2.31. The number of aromatic carboxylic acids is 1. The smallest absolute Gasteiger partial charge is 0.337 e. The molecule has 11 heteroatoms. The maximum Gasteiger partial charge on any atom is 0.337 e. The summed E-state index contributed by atoms with van der Waals surface area (Å²) in [5.74, 6) is -1.66. The highest BCUT2D eigenvalue weighted by Crippen LogP contribution is 2.55. The van der Waals surface area contributed by atoms with Crippen molar-refractivity contribution in [2.45, 2.75) is 27.9 Å². The lowest BCUT2D eigenvalue weighted by atomic mass is 9.82. The predicted molar refractivity (Wildman–Crippen MR) is 112 cm³/mol. The molecule has 0 bridgehead atoms. The summed E-state index contributed by atoms with van der Waals surface area (Å²) >= 11 is 8.07. The lowest BCUT2D eigenvalue weighted by Crippen LogP contribution is -2.29. The molecule has 30 heavy (non-hydrogen) atoms. The number of alkyl halides is 1. The molecule has 156 valence electrons. The van der Waals surface area contributed by atoms with E-state index in [0.29, 0.717) is 23.4 Å². The molecule has 2 aromatic carbocycles. The van der Waals surface area contributed by atoms with Crippen LogP contribution in [0.4, 0.5) is 17.1 Å². The van der Waals surface area contributed by atoms with Gasteiger partial charge in [-0.05, 0) is 24.5 Å². The Morgan fingerprint density at radius 3 is 2.50 bits per heavy atom. The summed E-state index contributed by atoms with van der Waals surface area (Å²) in [4.78, 5) is 34.1. The van der Waals surface area contributed by atoms with Crippen LogP contribution in [0.25, 0.3) is 0 Å². The highest BCUT2D eigenvalue weighted by atomic mass is 35.5. The van der Waals surface area contributed by atoms with E-state index in [2.05, 4.69) is 5.32 Å². The Balaban J connectivity index is 1.73. The van der Waals surface area contributed by atoms with Crippen molar-refractivity contribution < 1.29 is 19.7 Å². The minimum absolute atomic E-state index is 0.0149. The van der Waals surface area contributed by atoms with Crippen molar-refractivity contribution in [2.75, 3.05) is 11.9 Å². The maximum atomic E-state index is 11.6. The van der Waals surface area contributed by atoms with Crippen LogP contribution in [-0.2, 0) is 0 Å². The van der Waals surface area contributed by atoms with Crippen LogP contribution >= 0.6 is 23.4 Å². The number of nitro benzene ring substituents is 2. The van der Waals surface area contributed by atoms with Crippen LogP contribution < -0.4 is 5.32 Å². The topological polar surface area (TPSA) is 136 Å². The van der Waals surface area contributed by atoms with Crippen molar-refractivity contribution >= 4 is 46.4 Å². The number of nitrogens with one attached hydrogen (secondary N) is 1. The Morgan fingerprint density at radius 1 is 1.13 bits per heavy atom. The number of carboxylic acids is 1. The van der Waals surface area contributed by atoms with Gasteiger partial charge in [0.1, 0.15) is 0 Å². The Morgan fingerprint density at radius 2 is 1.83 bits per heavy atom. The number of nitro groups is 2. The lowest BCUT2D eigenvalue weighted by molar-refractivity contribution is -0.387. The zero-order chi connectivity index (χ0) is 21.6. The second kappa shape index (κ2) is 7.77. The standard InChI is InChI=1S/C19H16ClN3O6S/c20-17-14(30-13-4-2-1-3-11(13)22(26)27)7-9-8-21-18-10(19(24)25)5-6-12(23(28)29)16(18)15(9)17/h1-6,9,14-15,17,21H,7-8H2,(H,24,25)/t9-,14+,15+,17+/m0/s1. The van der Waals surface area contributed by atoms with Gasteiger partial charge >= 0.3 is 5.97 Å². The SMILES string of the molecule is O=C(O)c1ccc([N+](=O)[O-])c2c1NC[C@@H]1C[C@@H](Sc3ccccc3[N+](=O)[O-])[C@@H](Cl)[C@@H]21. The number of nitrogens with zero attached hydrogens (tertiary/aromatic N) is 2. The summed E-state index contributed by atoms with van der Waals surface area (Å²) in [5.41, 5.74) is 0.326. The fourth-order valence-corrected chi connectivity index (χ4v) is 6.34. The van der Waals surface area contributed by atoms with Crippen LogP contribution in [0.3, 0.4) is 0 Å². The number of thioether (sulfide) groups is 1. The molecule has 2 aliphatic rings. The molecule has 0 aromatic heterocycles. The van der Waals surface area contributed by atoms with Crippen molar-refractivity contribution in [3.8, 4) is 0 Å². The maximum absolute atomic E-state index is 11.6. The molecule has 0 amide bonds. The molecule has 2 aromatic rings. The molecule has 0 spiro atoms. The number of hydrogen-bond acceptors (Lipinski definition) is 7.